The normalized spacial score (nSPS) is 19.6. The SMILES string of the molecule is CCC(C)[C@H]1C(=O)N(CC(=O)OC(C)(C)C)CCN1C(=O)CN.Cl. The van der Waals surface area contributed by atoms with Crippen molar-refractivity contribution in [2.75, 3.05) is 26.2 Å². The highest BCUT2D eigenvalue weighted by molar-refractivity contribution is 5.91. The van der Waals surface area contributed by atoms with Crippen molar-refractivity contribution in [3.8, 4) is 0 Å². The average molecular weight is 364 g/mol. The van der Waals surface area contributed by atoms with Gasteiger partial charge in [-0.3, -0.25) is 14.4 Å². The summed E-state index contributed by atoms with van der Waals surface area (Å²) >= 11 is 0. The van der Waals surface area contributed by atoms with Gasteiger partial charge < -0.3 is 20.3 Å². The van der Waals surface area contributed by atoms with Gasteiger partial charge in [-0.05, 0) is 26.7 Å². The second-order valence-electron chi connectivity index (χ2n) is 6.97. The Morgan fingerprint density at radius 3 is 2.38 bits per heavy atom. The Bertz CT molecular complexity index is 465. The van der Waals surface area contributed by atoms with E-state index in [4.69, 9.17) is 10.5 Å². The maximum atomic E-state index is 12.7. The van der Waals surface area contributed by atoms with E-state index in [0.29, 0.717) is 13.1 Å². The Morgan fingerprint density at radius 2 is 1.92 bits per heavy atom. The predicted octanol–water partition coefficient (Wildman–Crippen LogP) is 0.794. The van der Waals surface area contributed by atoms with Crippen molar-refractivity contribution >= 4 is 30.2 Å². The first-order valence-electron chi connectivity index (χ1n) is 8.10. The first-order chi connectivity index (χ1) is 10.6. The van der Waals surface area contributed by atoms with Gasteiger partial charge >= 0.3 is 5.97 Å². The maximum absolute atomic E-state index is 12.7. The van der Waals surface area contributed by atoms with Crippen LogP contribution in [0.25, 0.3) is 0 Å². The van der Waals surface area contributed by atoms with E-state index in [1.165, 1.54) is 4.90 Å². The number of ether oxygens (including phenoxy) is 1. The quantitative estimate of drug-likeness (QED) is 0.729. The number of rotatable bonds is 5. The van der Waals surface area contributed by atoms with Gasteiger partial charge in [-0.2, -0.15) is 0 Å². The zero-order chi connectivity index (χ0) is 17.8. The monoisotopic (exact) mass is 363 g/mol. The van der Waals surface area contributed by atoms with Gasteiger partial charge in [0.1, 0.15) is 18.2 Å². The number of nitrogens with zero attached hydrogens (tertiary/aromatic N) is 2. The molecule has 1 heterocycles. The Balaban J connectivity index is 0.00000529. The van der Waals surface area contributed by atoms with E-state index in [0.717, 1.165) is 6.42 Å². The highest BCUT2D eigenvalue weighted by Gasteiger charge is 2.40. The fraction of sp³-hybridized carbons (Fsp3) is 0.812. The molecule has 2 N–H and O–H groups in total. The lowest BCUT2D eigenvalue weighted by Crippen LogP contribution is -2.62. The molecule has 8 heteroatoms. The van der Waals surface area contributed by atoms with Crippen molar-refractivity contribution in [2.45, 2.75) is 52.7 Å². The molecule has 1 aliphatic heterocycles. The van der Waals surface area contributed by atoms with Crippen LogP contribution in [0.3, 0.4) is 0 Å². The lowest BCUT2D eigenvalue weighted by molar-refractivity contribution is -0.164. The average Bonchev–Trinajstić information content (AvgIpc) is 2.45. The van der Waals surface area contributed by atoms with Crippen LogP contribution in [0.2, 0.25) is 0 Å². The number of hydrogen-bond acceptors (Lipinski definition) is 5. The zero-order valence-electron chi connectivity index (χ0n) is 15.2. The van der Waals surface area contributed by atoms with Gasteiger partial charge in [0.2, 0.25) is 11.8 Å². The summed E-state index contributed by atoms with van der Waals surface area (Å²) in [6.45, 7) is 9.74. The summed E-state index contributed by atoms with van der Waals surface area (Å²) in [7, 11) is 0. The standard InChI is InChI=1S/C16H29N3O4.ClH/c1-6-11(2)14-15(22)18(7-8-19(14)12(20)9-17)10-13(21)23-16(3,4)5;/h11,14H,6-10,17H2,1-5H3;1H/t11?,14-;/m0./s1. The van der Waals surface area contributed by atoms with Gasteiger partial charge in [0, 0.05) is 13.1 Å². The largest absolute Gasteiger partial charge is 0.459 e. The van der Waals surface area contributed by atoms with Crippen LogP contribution < -0.4 is 5.73 Å². The van der Waals surface area contributed by atoms with Gasteiger partial charge in [-0.25, -0.2) is 0 Å². The fourth-order valence-corrected chi connectivity index (χ4v) is 2.66. The van der Waals surface area contributed by atoms with Crippen LogP contribution in [0.1, 0.15) is 41.0 Å². The number of hydrogen-bond donors (Lipinski definition) is 1. The van der Waals surface area contributed by atoms with Crippen LogP contribution >= 0.6 is 12.4 Å². The molecule has 0 spiro atoms. The van der Waals surface area contributed by atoms with Gasteiger partial charge in [0.05, 0.1) is 6.54 Å². The van der Waals surface area contributed by atoms with Gasteiger partial charge in [0.25, 0.3) is 0 Å². The number of piperazine rings is 1. The molecule has 0 bridgehead atoms. The van der Waals surface area contributed by atoms with E-state index in [9.17, 15) is 14.4 Å². The van der Waals surface area contributed by atoms with E-state index >= 15 is 0 Å². The molecule has 1 saturated heterocycles. The van der Waals surface area contributed by atoms with Crippen LogP contribution in [0.5, 0.6) is 0 Å². The van der Waals surface area contributed by atoms with E-state index < -0.39 is 17.6 Å². The third-order valence-corrected chi connectivity index (χ3v) is 3.93. The minimum atomic E-state index is -0.590. The maximum Gasteiger partial charge on any atom is 0.326 e. The van der Waals surface area contributed by atoms with E-state index in [2.05, 4.69) is 0 Å². The Hall–Kier alpha value is -1.34. The molecular weight excluding hydrogens is 334 g/mol. The number of amides is 2. The third-order valence-electron chi connectivity index (χ3n) is 3.93. The van der Waals surface area contributed by atoms with Crippen LogP contribution in [0.15, 0.2) is 0 Å². The molecule has 0 aromatic rings. The number of carbonyl (C=O) groups excluding carboxylic acids is 3. The van der Waals surface area contributed by atoms with Crippen LogP contribution in [-0.4, -0.2) is 65.4 Å². The molecule has 140 valence electrons. The van der Waals surface area contributed by atoms with Crippen molar-refractivity contribution in [3.63, 3.8) is 0 Å². The topological polar surface area (TPSA) is 92.9 Å². The highest BCUT2D eigenvalue weighted by atomic mass is 35.5. The Kier molecular flexibility index (Phi) is 8.71. The summed E-state index contributed by atoms with van der Waals surface area (Å²) in [5.41, 5.74) is 4.86. The van der Waals surface area contributed by atoms with Crippen molar-refractivity contribution in [1.29, 1.82) is 0 Å². The summed E-state index contributed by atoms with van der Waals surface area (Å²) in [5.74, 6) is -0.884. The molecule has 24 heavy (non-hydrogen) atoms. The smallest absolute Gasteiger partial charge is 0.326 e. The summed E-state index contributed by atoms with van der Waals surface area (Å²) in [4.78, 5) is 39.7. The Labute approximate surface area is 150 Å². The number of esters is 1. The number of nitrogens with two attached hydrogens (primary N) is 1. The molecule has 0 aromatic heterocycles. The molecular formula is C16H30ClN3O4. The van der Waals surface area contributed by atoms with Crippen molar-refractivity contribution in [1.82, 2.24) is 9.80 Å². The lowest BCUT2D eigenvalue weighted by atomic mass is 9.94. The molecule has 1 unspecified atom stereocenters. The Morgan fingerprint density at radius 1 is 1.33 bits per heavy atom. The molecule has 1 aliphatic rings. The molecule has 0 aromatic carbocycles. The summed E-state index contributed by atoms with van der Waals surface area (Å²) in [5, 5.41) is 0. The van der Waals surface area contributed by atoms with E-state index in [1.54, 1.807) is 25.7 Å². The van der Waals surface area contributed by atoms with Crippen LogP contribution in [0.4, 0.5) is 0 Å². The third kappa shape index (κ3) is 5.94. The van der Waals surface area contributed by atoms with Crippen LogP contribution in [-0.2, 0) is 19.1 Å². The van der Waals surface area contributed by atoms with E-state index in [1.807, 2.05) is 13.8 Å². The first kappa shape index (κ1) is 22.7. The van der Waals surface area contributed by atoms with Gasteiger partial charge in [-0.1, -0.05) is 20.3 Å². The first-order valence-corrected chi connectivity index (χ1v) is 8.10. The van der Waals surface area contributed by atoms with Gasteiger partial charge in [0.15, 0.2) is 0 Å². The highest BCUT2D eigenvalue weighted by Crippen LogP contribution is 2.21. The van der Waals surface area contributed by atoms with Crippen molar-refractivity contribution in [2.24, 2.45) is 11.7 Å². The van der Waals surface area contributed by atoms with E-state index in [-0.39, 0.29) is 43.2 Å². The number of halogens is 1. The molecule has 2 amide bonds. The van der Waals surface area contributed by atoms with Crippen molar-refractivity contribution in [3.05, 3.63) is 0 Å². The molecule has 0 radical (unpaired) electrons. The molecule has 1 rings (SSSR count). The second kappa shape index (κ2) is 9.22. The molecule has 2 atom stereocenters. The second-order valence-corrected chi connectivity index (χ2v) is 6.97. The molecule has 0 saturated carbocycles. The zero-order valence-corrected chi connectivity index (χ0v) is 16.0. The lowest BCUT2D eigenvalue weighted by Gasteiger charge is -2.42. The summed E-state index contributed by atoms with van der Waals surface area (Å²) < 4.78 is 5.27. The molecule has 0 aliphatic carbocycles. The fourth-order valence-electron chi connectivity index (χ4n) is 2.66. The van der Waals surface area contributed by atoms with Crippen molar-refractivity contribution < 1.29 is 19.1 Å². The van der Waals surface area contributed by atoms with Gasteiger partial charge in [-0.15, -0.1) is 12.4 Å². The minimum Gasteiger partial charge on any atom is -0.459 e. The minimum absolute atomic E-state index is 0. The van der Waals surface area contributed by atoms with Crippen LogP contribution in [0, 0.1) is 5.92 Å². The summed E-state index contributed by atoms with van der Waals surface area (Å²) in [6, 6.07) is -0.563. The number of carbonyl (C=O) groups is 3. The molecule has 1 fully saturated rings. The predicted molar refractivity (Wildman–Crippen MR) is 93.7 cm³/mol. The summed E-state index contributed by atoms with van der Waals surface area (Å²) in [6.07, 6.45) is 0.755. The molecule has 7 nitrogen and oxygen atoms in total.